The SMILES string of the molecule is CN1CC[N+](C)(C(=S)S)CC1. The average molecular weight is 191 g/mol. The molecule has 64 valence electrons. The summed E-state index contributed by atoms with van der Waals surface area (Å²) in [5.41, 5.74) is 0. The fourth-order valence-electron chi connectivity index (χ4n) is 1.20. The van der Waals surface area contributed by atoms with Crippen LogP contribution in [-0.2, 0) is 0 Å². The molecule has 1 saturated heterocycles. The first-order valence-corrected chi connectivity index (χ1v) is 4.67. The minimum absolute atomic E-state index is 0.818. The summed E-state index contributed by atoms with van der Waals surface area (Å²) in [6, 6.07) is 0. The van der Waals surface area contributed by atoms with Crippen LogP contribution in [0.4, 0.5) is 0 Å². The van der Waals surface area contributed by atoms with E-state index in [4.69, 9.17) is 12.2 Å². The zero-order valence-electron chi connectivity index (χ0n) is 7.08. The second-order valence-corrected chi connectivity index (χ2v) is 4.54. The van der Waals surface area contributed by atoms with Crippen molar-refractivity contribution in [3.8, 4) is 0 Å². The minimum Gasteiger partial charge on any atom is -0.295 e. The van der Waals surface area contributed by atoms with Crippen LogP contribution in [0, 0.1) is 0 Å². The van der Waals surface area contributed by atoms with Crippen molar-refractivity contribution in [1.29, 1.82) is 0 Å². The molecule has 4 heteroatoms. The van der Waals surface area contributed by atoms with Gasteiger partial charge in [-0.15, -0.1) is 0 Å². The van der Waals surface area contributed by atoms with Gasteiger partial charge < -0.3 is 0 Å². The molecule has 0 aromatic rings. The molecule has 1 heterocycles. The van der Waals surface area contributed by atoms with Gasteiger partial charge in [0.05, 0.1) is 20.1 Å². The van der Waals surface area contributed by atoms with Gasteiger partial charge in [-0.1, -0.05) is 12.6 Å². The lowest BCUT2D eigenvalue weighted by Crippen LogP contribution is -2.57. The van der Waals surface area contributed by atoms with E-state index in [-0.39, 0.29) is 0 Å². The molecule has 2 nitrogen and oxygen atoms in total. The molecule has 0 aromatic heterocycles. The Kier molecular flexibility index (Phi) is 2.91. The molecule has 0 atom stereocenters. The molecule has 1 fully saturated rings. The molecule has 0 bridgehead atoms. The highest BCUT2D eigenvalue weighted by atomic mass is 32.1. The quantitative estimate of drug-likeness (QED) is 0.339. The van der Waals surface area contributed by atoms with Gasteiger partial charge in [-0.3, -0.25) is 9.38 Å². The van der Waals surface area contributed by atoms with E-state index in [1.54, 1.807) is 0 Å². The first-order valence-electron chi connectivity index (χ1n) is 3.81. The Morgan fingerprint density at radius 2 is 1.91 bits per heavy atom. The van der Waals surface area contributed by atoms with Gasteiger partial charge in [0, 0.05) is 13.1 Å². The standard InChI is InChI=1S/C7H14N2S2/c1-8-3-5-9(2,6-4-8)7(10)11/h3-6H2,1-2H3/p+1. The number of hydrogen-bond donors (Lipinski definition) is 1. The summed E-state index contributed by atoms with van der Waals surface area (Å²) in [6.45, 7) is 4.44. The van der Waals surface area contributed by atoms with Crippen LogP contribution in [0.2, 0.25) is 0 Å². The van der Waals surface area contributed by atoms with Crippen LogP contribution in [0.25, 0.3) is 0 Å². The molecule has 0 aromatic carbocycles. The zero-order valence-corrected chi connectivity index (χ0v) is 8.79. The summed E-state index contributed by atoms with van der Waals surface area (Å²) >= 11 is 9.33. The molecule has 0 radical (unpaired) electrons. The summed E-state index contributed by atoms with van der Waals surface area (Å²) < 4.78 is 1.67. The summed E-state index contributed by atoms with van der Waals surface area (Å²) in [5.74, 6) is 0. The molecule has 0 amide bonds. The van der Waals surface area contributed by atoms with Gasteiger partial charge in [0.15, 0.2) is 0 Å². The van der Waals surface area contributed by atoms with E-state index < -0.39 is 0 Å². The summed E-state index contributed by atoms with van der Waals surface area (Å²) in [6.07, 6.45) is 0. The lowest BCUT2D eigenvalue weighted by atomic mass is 10.3. The molecule has 1 aliphatic rings. The molecule has 0 saturated carbocycles. The van der Waals surface area contributed by atoms with E-state index >= 15 is 0 Å². The fraction of sp³-hybridized carbons (Fsp3) is 0.857. The van der Waals surface area contributed by atoms with Gasteiger partial charge in [-0.2, -0.15) is 0 Å². The van der Waals surface area contributed by atoms with E-state index in [0.29, 0.717) is 0 Å². The van der Waals surface area contributed by atoms with Crippen molar-refractivity contribution in [1.82, 2.24) is 4.90 Å². The Balaban J connectivity index is 2.55. The summed E-state index contributed by atoms with van der Waals surface area (Å²) in [7, 11) is 4.30. The van der Waals surface area contributed by atoms with Crippen LogP contribution in [-0.4, -0.2) is 54.0 Å². The van der Waals surface area contributed by atoms with Gasteiger partial charge in [0.2, 0.25) is 4.32 Å². The number of nitrogens with zero attached hydrogens (tertiary/aromatic N) is 2. The third-order valence-corrected chi connectivity index (χ3v) is 3.34. The number of hydrogen-bond acceptors (Lipinski definition) is 2. The van der Waals surface area contributed by atoms with Gasteiger partial charge in [-0.25, -0.2) is 0 Å². The number of likely N-dealkylation sites (N-methyl/N-ethyl adjacent to an activating group) is 2. The van der Waals surface area contributed by atoms with E-state index in [9.17, 15) is 0 Å². The maximum Gasteiger partial charge on any atom is 0.230 e. The maximum atomic E-state index is 5.09. The lowest BCUT2D eigenvalue weighted by Gasteiger charge is -2.38. The highest BCUT2D eigenvalue weighted by Crippen LogP contribution is 2.12. The largest absolute Gasteiger partial charge is 0.295 e. The highest BCUT2D eigenvalue weighted by molar-refractivity contribution is 8.10. The van der Waals surface area contributed by atoms with Crippen molar-refractivity contribution in [2.45, 2.75) is 0 Å². The first kappa shape index (κ1) is 9.45. The third kappa shape index (κ3) is 2.15. The number of quaternary nitrogens is 1. The molecule has 0 spiro atoms. The van der Waals surface area contributed by atoms with Crippen molar-refractivity contribution >= 4 is 29.2 Å². The van der Waals surface area contributed by atoms with Crippen LogP contribution < -0.4 is 0 Å². The molecule has 0 N–H and O–H groups in total. The predicted molar refractivity (Wildman–Crippen MR) is 55.0 cm³/mol. The lowest BCUT2D eigenvalue weighted by molar-refractivity contribution is -0.819. The Morgan fingerprint density at radius 1 is 1.45 bits per heavy atom. The van der Waals surface area contributed by atoms with Crippen molar-refractivity contribution in [2.75, 3.05) is 40.3 Å². The van der Waals surface area contributed by atoms with Gasteiger partial charge in [-0.05, 0) is 19.3 Å². The Bertz CT molecular complexity index is 162. The molecular formula is C7H15N2S2+. The molecule has 11 heavy (non-hydrogen) atoms. The molecule has 1 rings (SSSR count). The van der Waals surface area contributed by atoms with Crippen LogP contribution in [0.15, 0.2) is 0 Å². The molecule has 1 aliphatic heterocycles. The number of thiol groups is 1. The smallest absolute Gasteiger partial charge is 0.230 e. The maximum absolute atomic E-state index is 5.09. The number of thiocarbonyl (C=S) groups is 1. The fourth-order valence-corrected chi connectivity index (χ4v) is 1.58. The molecule has 0 unspecified atom stereocenters. The Morgan fingerprint density at radius 3 is 2.27 bits per heavy atom. The van der Waals surface area contributed by atoms with E-state index in [0.717, 1.165) is 35.0 Å². The normalized spacial score (nSPS) is 25.0. The predicted octanol–water partition coefficient (Wildman–Crippen LogP) is 0.593. The third-order valence-electron chi connectivity index (χ3n) is 2.41. The van der Waals surface area contributed by atoms with E-state index in [1.807, 2.05) is 0 Å². The highest BCUT2D eigenvalue weighted by Gasteiger charge is 2.29. The zero-order chi connectivity index (χ0) is 8.48. The van der Waals surface area contributed by atoms with Crippen LogP contribution in [0.5, 0.6) is 0 Å². The summed E-state index contributed by atoms with van der Waals surface area (Å²) in [5, 5.41) is 0. The second-order valence-electron chi connectivity index (χ2n) is 3.43. The van der Waals surface area contributed by atoms with Crippen LogP contribution in [0.1, 0.15) is 0 Å². The van der Waals surface area contributed by atoms with Crippen molar-refractivity contribution < 1.29 is 4.48 Å². The van der Waals surface area contributed by atoms with Gasteiger partial charge in [0.1, 0.15) is 0 Å². The van der Waals surface area contributed by atoms with Crippen LogP contribution in [0.3, 0.4) is 0 Å². The van der Waals surface area contributed by atoms with Gasteiger partial charge in [0.25, 0.3) is 0 Å². The monoisotopic (exact) mass is 191 g/mol. The summed E-state index contributed by atoms with van der Waals surface area (Å²) in [4.78, 5) is 2.33. The van der Waals surface area contributed by atoms with Gasteiger partial charge >= 0.3 is 0 Å². The second kappa shape index (κ2) is 3.39. The molecular weight excluding hydrogens is 176 g/mol. The van der Waals surface area contributed by atoms with E-state index in [2.05, 4.69) is 31.6 Å². The van der Waals surface area contributed by atoms with E-state index in [1.165, 1.54) is 0 Å². The Hall–Kier alpha value is 0.360. The number of piperazine rings is 1. The van der Waals surface area contributed by atoms with Crippen LogP contribution >= 0.6 is 24.8 Å². The average Bonchev–Trinajstić information content (AvgIpc) is 1.95. The minimum atomic E-state index is 0.818. The van der Waals surface area contributed by atoms with Crippen molar-refractivity contribution in [3.05, 3.63) is 0 Å². The molecule has 0 aliphatic carbocycles. The topological polar surface area (TPSA) is 3.24 Å². The van der Waals surface area contributed by atoms with Crippen molar-refractivity contribution in [2.24, 2.45) is 0 Å². The first-order chi connectivity index (χ1) is 5.04. The number of rotatable bonds is 0. The van der Waals surface area contributed by atoms with Crippen molar-refractivity contribution in [3.63, 3.8) is 0 Å². The Labute approximate surface area is 79.2 Å².